The first kappa shape index (κ1) is 38.2. The molecule has 46 heavy (non-hydrogen) atoms. The first-order chi connectivity index (χ1) is 21.8. The van der Waals surface area contributed by atoms with Gasteiger partial charge >= 0.3 is 37.9 Å². The van der Waals surface area contributed by atoms with Crippen LogP contribution in [0.15, 0.2) is 103 Å². The molecule has 0 amide bonds. The molecule has 0 heterocycles. The molecule has 0 aliphatic rings. The summed E-state index contributed by atoms with van der Waals surface area (Å²) in [6, 6.07) is 38.1. The van der Waals surface area contributed by atoms with Gasteiger partial charge in [0.25, 0.3) is 0 Å². The van der Waals surface area contributed by atoms with Gasteiger partial charge in [0.05, 0.1) is 0 Å². The van der Waals surface area contributed by atoms with Gasteiger partial charge in [-0.2, -0.15) is 12.1 Å². The third kappa shape index (κ3) is 10.1. The molecule has 0 saturated carbocycles. The molecule has 0 spiro atoms. The standard InChI is InChI=1S/C21H23.C19H19.C2H6Si.2ClH.Zr/c1-14-10-17-11-15(2)13-20(17)19(12-14)16-6-8-18(9-7-16)21(3,4)5;1-13(2)16-11-15-8-6-10-18(19(15)12-16)17-9-5-4-7-14(17)3;1-3-2;;;/h6-13H,1-5H3;4-13H,1-3H3;1-2H3;2*1H;/q2*-1;;;;+4/p-2. The van der Waals surface area contributed by atoms with Crippen molar-refractivity contribution in [2.75, 3.05) is 0 Å². The maximum atomic E-state index is 4.93. The van der Waals surface area contributed by atoms with Crippen molar-refractivity contribution in [2.45, 2.75) is 79.8 Å². The van der Waals surface area contributed by atoms with E-state index in [1.807, 2.05) is 0 Å². The second-order valence-electron chi connectivity index (χ2n) is 13.3. The number of hydrogen-bond acceptors (Lipinski definition) is 0. The Morgan fingerprint density at radius 2 is 1.26 bits per heavy atom. The van der Waals surface area contributed by atoms with Crippen molar-refractivity contribution < 1.29 is 20.8 Å². The molecule has 0 atom stereocenters. The van der Waals surface area contributed by atoms with Crippen LogP contribution in [0.2, 0.25) is 13.1 Å². The van der Waals surface area contributed by atoms with E-state index in [-0.39, 0.29) is 5.41 Å². The molecule has 4 heteroatoms. The number of halogens is 2. The van der Waals surface area contributed by atoms with E-state index in [1.54, 1.807) is 0 Å². The quantitative estimate of drug-likeness (QED) is 0.125. The van der Waals surface area contributed by atoms with Crippen LogP contribution in [0, 0.1) is 20.8 Å². The Labute approximate surface area is 299 Å². The molecule has 0 aliphatic carbocycles. The van der Waals surface area contributed by atoms with Crippen LogP contribution in [0.4, 0.5) is 0 Å². The van der Waals surface area contributed by atoms with Crippen LogP contribution in [0.5, 0.6) is 0 Å². The fraction of sp³-hybridized carbons (Fsp3) is 0.286. The molecular weight excluding hydrogens is 695 g/mol. The van der Waals surface area contributed by atoms with Crippen LogP contribution in [0.3, 0.4) is 0 Å². The predicted molar refractivity (Wildman–Crippen MR) is 206 cm³/mol. The molecule has 0 bridgehead atoms. The zero-order valence-electron chi connectivity index (χ0n) is 29.1. The van der Waals surface area contributed by atoms with E-state index < -0.39 is 20.8 Å². The van der Waals surface area contributed by atoms with Crippen molar-refractivity contribution in [3.05, 3.63) is 131 Å². The van der Waals surface area contributed by atoms with Gasteiger partial charge in [-0.15, -0.1) is 63.0 Å². The zero-order valence-corrected chi connectivity index (χ0v) is 34.1. The van der Waals surface area contributed by atoms with Crippen LogP contribution in [0.1, 0.15) is 68.4 Å². The summed E-state index contributed by atoms with van der Waals surface area (Å²) in [5.41, 5.74) is 12.4. The molecular formula is C42H48Cl2SiZr. The minimum absolute atomic E-state index is 0.206. The molecule has 0 nitrogen and oxygen atoms in total. The van der Waals surface area contributed by atoms with Crippen molar-refractivity contribution >= 4 is 48.1 Å². The molecule has 0 fully saturated rings. The van der Waals surface area contributed by atoms with Gasteiger partial charge in [0.1, 0.15) is 0 Å². The average molecular weight is 743 g/mol. The van der Waals surface area contributed by atoms with Crippen LogP contribution in [-0.4, -0.2) is 9.52 Å². The van der Waals surface area contributed by atoms with Gasteiger partial charge in [-0.25, -0.2) is 0 Å². The molecule has 2 radical (unpaired) electrons. The number of benzene rings is 4. The van der Waals surface area contributed by atoms with Gasteiger partial charge < -0.3 is 0 Å². The topological polar surface area (TPSA) is 0 Å². The minimum atomic E-state index is -0.826. The van der Waals surface area contributed by atoms with Crippen LogP contribution in [-0.2, 0) is 26.3 Å². The van der Waals surface area contributed by atoms with Crippen LogP contribution >= 0.6 is 17.0 Å². The first-order valence-electron chi connectivity index (χ1n) is 15.9. The number of rotatable bonds is 3. The Hall–Kier alpha value is -2.22. The van der Waals surface area contributed by atoms with Crippen molar-refractivity contribution in [3.8, 4) is 22.3 Å². The summed E-state index contributed by atoms with van der Waals surface area (Å²) in [6.45, 7) is 22.1. The Kier molecular flexibility index (Phi) is 14.8. The number of aryl methyl sites for hydroxylation is 3. The van der Waals surface area contributed by atoms with Gasteiger partial charge in [0.15, 0.2) is 0 Å². The average Bonchev–Trinajstić information content (AvgIpc) is 3.61. The van der Waals surface area contributed by atoms with Gasteiger partial charge in [-0.3, -0.25) is 0 Å². The molecule has 238 valence electrons. The van der Waals surface area contributed by atoms with E-state index in [4.69, 9.17) is 17.0 Å². The number of fused-ring (bicyclic) bond motifs is 2. The molecule has 6 rings (SSSR count). The predicted octanol–water partition coefficient (Wildman–Crippen LogP) is 14.0. The zero-order chi connectivity index (χ0) is 34.0. The van der Waals surface area contributed by atoms with Gasteiger partial charge in [0, 0.05) is 9.52 Å². The Morgan fingerprint density at radius 3 is 1.85 bits per heavy atom. The Balaban J connectivity index is 0.000000215. The summed E-state index contributed by atoms with van der Waals surface area (Å²) in [7, 11) is 11.0. The molecule has 6 aromatic carbocycles. The second-order valence-corrected chi connectivity index (χ2v) is 18.0. The molecule has 0 N–H and O–H groups in total. The van der Waals surface area contributed by atoms with E-state index in [0.717, 1.165) is 9.52 Å². The van der Waals surface area contributed by atoms with E-state index >= 15 is 0 Å². The summed E-state index contributed by atoms with van der Waals surface area (Å²) in [5, 5.41) is 5.44. The van der Waals surface area contributed by atoms with E-state index in [9.17, 15) is 0 Å². The summed E-state index contributed by atoms with van der Waals surface area (Å²) >= 11 is -0.826. The third-order valence-corrected chi connectivity index (χ3v) is 8.05. The Bertz CT molecular complexity index is 1820. The second kappa shape index (κ2) is 17.8. The van der Waals surface area contributed by atoms with Crippen molar-refractivity contribution in [2.24, 2.45) is 0 Å². The molecule has 6 aromatic rings. The molecule has 0 saturated heterocycles. The first-order valence-corrected chi connectivity index (χ1v) is 24.3. The van der Waals surface area contributed by atoms with Crippen LogP contribution in [0.25, 0.3) is 43.8 Å². The molecule has 0 aliphatic heterocycles. The van der Waals surface area contributed by atoms with E-state index in [0.29, 0.717) is 5.92 Å². The Morgan fingerprint density at radius 1 is 0.674 bits per heavy atom. The van der Waals surface area contributed by atoms with Gasteiger partial charge in [-0.05, 0) is 47.4 Å². The van der Waals surface area contributed by atoms with Crippen molar-refractivity contribution in [3.63, 3.8) is 0 Å². The van der Waals surface area contributed by atoms with Crippen LogP contribution < -0.4 is 0 Å². The van der Waals surface area contributed by atoms with E-state index in [1.165, 1.54) is 71.6 Å². The van der Waals surface area contributed by atoms with Gasteiger partial charge in [0.2, 0.25) is 0 Å². The normalized spacial score (nSPS) is 10.8. The summed E-state index contributed by atoms with van der Waals surface area (Å²) in [5.74, 6) is 0.581. The SMILES string of the molecule is C[Si]C.Cc1cc(-c2ccc(C(C)(C)C)cc2)c2cc(C)[cH-]c2c1.Cc1ccccc1-c1cccc2[cH-]c(C(C)C)cc12.[Cl][Zr+2][Cl]. The van der Waals surface area contributed by atoms with Crippen molar-refractivity contribution in [1.29, 1.82) is 0 Å². The maximum absolute atomic E-state index is 4.93. The fourth-order valence-corrected chi connectivity index (χ4v) is 5.71. The van der Waals surface area contributed by atoms with E-state index in [2.05, 4.69) is 172 Å². The number of hydrogen-bond donors (Lipinski definition) is 0. The molecule has 0 aromatic heterocycles. The summed E-state index contributed by atoms with van der Waals surface area (Å²) in [6.07, 6.45) is 0. The third-order valence-electron chi connectivity index (χ3n) is 8.05. The van der Waals surface area contributed by atoms with Crippen molar-refractivity contribution in [1.82, 2.24) is 0 Å². The monoisotopic (exact) mass is 740 g/mol. The van der Waals surface area contributed by atoms with Gasteiger partial charge in [-0.1, -0.05) is 132 Å². The summed E-state index contributed by atoms with van der Waals surface area (Å²) < 4.78 is 0. The molecule has 0 unspecified atom stereocenters. The summed E-state index contributed by atoms with van der Waals surface area (Å²) in [4.78, 5) is 0. The fourth-order valence-electron chi connectivity index (χ4n) is 5.71.